The predicted molar refractivity (Wildman–Crippen MR) is 31.2 cm³/mol. The van der Waals surface area contributed by atoms with Crippen molar-refractivity contribution in [3.63, 3.8) is 0 Å². The molecule has 0 atom stereocenters. The summed E-state index contributed by atoms with van der Waals surface area (Å²) in [5.41, 5.74) is 6.40. The van der Waals surface area contributed by atoms with Gasteiger partial charge >= 0.3 is 0 Å². The number of rotatable bonds is 1. The van der Waals surface area contributed by atoms with E-state index in [-0.39, 0.29) is 0 Å². The van der Waals surface area contributed by atoms with E-state index >= 15 is 0 Å². The highest BCUT2D eigenvalue weighted by molar-refractivity contribution is 4.95. The molecule has 0 amide bonds. The molecule has 0 aliphatic carbocycles. The normalized spacial score (nSPS) is 9.75. The molecule has 1 rings (SSSR count). The Bertz CT molecular complexity index is 168. The summed E-state index contributed by atoms with van der Waals surface area (Å²) in [6.07, 6.45) is 1.74. The zero-order valence-electron chi connectivity index (χ0n) is 4.83. The van der Waals surface area contributed by atoms with Crippen molar-refractivity contribution < 1.29 is 0 Å². The molecule has 0 aromatic carbocycles. The van der Waals surface area contributed by atoms with E-state index in [0.29, 0.717) is 6.67 Å². The summed E-state index contributed by atoms with van der Waals surface area (Å²) >= 11 is 0. The lowest BCUT2D eigenvalue weighted by Crippen LogP contribution is -2.09. The van der Waals surface area contributed by atoms with Crippen molar-refractivity contribution in [1.82, 2.24) is 9.78 Å². The molecule has 0 radical (unpaired) electrons. The van der Waals surface area contributed by atoms with Crippen molar-refractivity contribution in [3.8, 4) is 0 Å². The van der Waals surface area contributed by atoms with Crippen LogP contribution in [-0.4, -0.2) is 9.78 Å². The Kier molecular flexibility index (Phi) is 1.30. The van der Waals surface area contributed by atoms with Gasteiger partial charge < -0.3 is 5.73 Å². The first kappa shape index (κ1) is 5.31. The molecule has 3 nitrogen and oxygen atoms in total. The Morgan fingerprint density at radius 3 is 2.88 bits per heavy atom. The zero-order chi connectivity index (χ0) is 5.98. The molecule has 0 fully saturated rings. The van der Waals surface area contributed by atoms with Crippen molar-refractivity contribution in [3.05, 3.63) is 18.0 Å². The standard InChI is InChI=1S/C5H9N3/c1-5-2-3-7-8(5)4-6/h2-3H,4,6H2,1H3. The van der Waals surface area contributed by atoms with Crippen molar-refractivity contribution in [2.45, 2.75) is 13.6 Å². The molecule has 1 heterocycles. The lowest BCUT2D eigenvalue weighted by atomic mass is 10.5. The van der Waals surface area contributed by atoms with Crippen LogP contribution in [0.25, 0.3) is 0 Å². The van der Waals surface area contributed by atoms with Gasteiger partial charge in [-0.1, -0.05) is 0 Å². The topological polar surface area (TPSA) is 43.8 Å². The fourth-order valence-corrected chi connectivity index (χ4v) is 0.590. The van der Waals surface area contributed by atoms with Gasteiger partial charge in [0.25, 0.3) is 0 Å². The Morgan fingerprint density at radius 1 is 1.88 bits per heavy atom. The molecule has 3 heteroatoms. The molecule has 0 unspecified atom stereocenters. The summed E-state index contributed by atoms with van der Waals surface area (Å²) in [6, 6.07) is 1.92. The van der Waals surface area contributed by atoms with Gasteiger partial charge in [-0.25, -0.2) is 0 Å². The van der Waals surface area contributed by atoms with E-state index in [1.807, 2.05) is 13.0 Å². The maximum absolute atomic E-state index is 5.30. The van der Waals surface area contributed by atoms with Crippen LogP contribution in [0.4, 0.5) is 0 Å². The number of hydrogen-bond acceptors (Lipinski definition) is 2. The third kappa shape index (κ3) is 0.721. The van der Waals surface area contributed by atoms with E-state index in [2.05, 4.69) is 5.10 Å². The van der Waals surface area contributed by atoms with E-state index in [4.69, 9.17) is 5.73 Å². The van der Waals surface area contributed by atoms with Crippen molar-refractivity contribution in [1.29, 1.82) is 0 Å². The van der Waals surface area contributed by atoms with Crippen LogP contribution in [0, 0.1) is 6.92 Å². The second kappa shape index (κ2) is 1.96. The average molecular weight is 111 g/mol. The first-order valence-electron chi connectivity index (χ1n) is 2.53. The Balaban J connectivity index is 2.92. The molecular formula is C5H9N3. The zero-order valence-corrected chi connectivity index (χ0v) is 4.83. The van der Waals surface area contributed by atoms with E-state index in [0.717, 1.165) is 5.69 Å². The second-order valence-corrected chi connectivity index (χ2v) is 1.65. The van der Waals surface area contributed by atoms with Crippen LogP contribution in [0.15, 0.2) is 12.3 Å². The van der Waals surface area contributed by atoms with Crippen LogP contribution < -0.4 is 5.73 Å². The van der Waals surface area contributed by atoms with Gasteiger partial charge in [0.05, 0.1) is 6.67 Å². The number of nitrogens with two attached hydrogens (primary N) is 1. The van der Waals surface area contributed by atoms with Gasteiger partial charge in [0.2, 0.25) is 0 Å². The fraction of sp³-hybridized carbons (Fsp3) is 0.400. The third-order valence-corrected chi connectivity index (χ3v) is 1.10. The Morgan fingerprint density at radius 2 is 2.62 bits per heavy atom. The minimum Gasteiger partial charge on any atom is -0.312 e. The van der Waals surface area contributed by atoms with Crippen molar-refractivity contribution in [2.75, 3.05) is 0 Å². The SMILES string of the molecule is Cc1ccnn1CN. The highest BCUT2D eigenvalue weighted by Gasteiger charge is 1.88. The number of hydrogen-bond donors (Lipinski definition) is 1. The average Bonchev–Trinajstić information content (AvgIpc) is 2.14. The van der Waals surface area contributed by atoms with Gasteiger partial charge in [0.15, 0.2) is 0 Å². The Hall–Kier alpha value is -0.830. The van der Waals surface area contributed by atoms with Gasteiger partial charge in [-0.15, -0.1) is 0 Å². The summed E-state index contributed by atoms with van der Waals surface area (Å²) in [4.78, 5) is 0. The predicted octanol–water partition coefficient (Wildman–Crippen LogP) is 0.108. The maximum Gasteiger partial charge on any atom is 0.0881 e. The quantitative estimate of drug-likeness (QED) is 0.559. The van der Waals surface area contributed by atoms with E-state index in [1.54, 1.807) is 10.9 Å². The fourth-order valence-electron chi connectivity index (χ4n) is 0.590. The van der Waals surface area contributed by atoms with Gasteiger partial charge in [-0.05, 0) is 13.0 Å². The summed E-state index contributed by atoms with van der Waals surface area (Å²) < 4.78 is 1.74. The summed E-state index contributed by atoms with van der Waals surface area (Å²) in [5.74, 6) is 0. The summed E-state index contributed by atoms with van der Waals surface area (Å²) in [7, 11) is 0. The van der Waals surface area contributed by atoms with Crippen LogP contribution in [0.1, 0.15) is 5.69 Å². The summed E-state index contributed by atoms with van der Waals surface area (Å²) in [6.45, 7) is 2.44. The highest BCUT2D eigenvalue weighted by atomic mass is 15.3. The monoisotopic (exact) mass is 111 g/mol. The van der Waals surface area contributed by atoms with Gasteiger partial charge in [-0.3, -0.25) is 4.68 Å². The molecular weight excluding hydrogens is 102 g/mol. The lowest BCUT2D eigenvalue weighted by molar-refractivity contribution is 0.620. The molecule has 2 N–H and O–H groups in total. The molecule has 0 bridgehead atoms. The largest absolute Gasteiger partial charge is 0.312 e. The first-order chi connectivity index (χ1) is 3.84. The second-order valence-electron chi connectivity index (χ2n) is 1.65. The minimum atomic E-state index is 0.471. The minimum absolute atomic E-state index is 0.471. The van der Waals surface area contributed by atoms with E-state index < -0.39 is 0 Å². The maximum atomic E-state index is 5.30. The van der Waals surface area contributed by atoms with Gasteiger partial charge in [-0.2, -0.15) is 5.10 Å². The smallest absolute Gasteiger partial charge is 0.0881 e. The number of aryl methyl sites for hydroxylation is 1. The molecule has 0 saturated carbocycles. The highest BCUT2D eigenvalue weighted by Crippen LogP contribution is 1.91. The third-order valence-electron chi connectivity index (χ3n) is 1.10. The molecule has 0 aliphatic rings. The first-order valence-corrected chi connectivity index (χ1v) is 2.53. The molecule has 8 heavy (non-hydrogen) atoms. The van der Waals surface area contributed by atoms with Crippen molar-refractivity contribution >= 4 is 0 Å². The van der Waals surface area contributed by atoms with E-state index in [1.165, 1.54) is 0 Å². The molecule has 0 saturated heterocycles. The molecule has 44 valence electrons. The van der Waals surface area contributed by atoms with Crippen molar-refractivity contribution in [2.24, 2.45) is 5.73 Å². The molecule has 1 aromatic rings. The van der Waals surface area contributed by atoms with Crippen LogP contribution in [0.2, 0.25) is 0 Å². The lowest BCUT2D eigenvalue weighted by Gasteiger charge is -1.95. The number of nitrogens with zero attached hydrogens (tertiary/aromatic N) is 2. The van der Waals surface area contributed by atoms with Crippen LogP contribution in [-0.2, 0) is 6.67 Å². The van der Waals surface area contributed by atoms with Crippen LogP contribution in [0.3, 0.4) is 0 Å². The van der Waals surface area contributed by atoms with Crippen LogP contribution >= 0.6 is 0 Å². The number of aromatic nitrogens is 2. The molecule has 1 aromatic heterocycles. The van der Waals surface area contributed by atoms with E-state index in [9.17, 15) is 0 Å². The van der Waals surface area contributed by atoms with Crippen LogP contribution in [0.5, 0.6) is 0 Å². The summed E-state index contributed by atoms with van der Waals surface area (Å²) in [5, 5.41) is 3.93. The molecule has 0 aliphatic heterocycles. The Labute approximate surface area is 48.1 Å². The molecule has 0 spiro atoms. The van der Waals surface area contributed by atoms with Gasteiger partial charge in [0, 0.05) is 11.9 Å². The van der Waals surface area contributed by atoms with Gasteiger partial charge in [0.1, 0.15) is 0 Å².